The third-order valence-corrected chi connectivity index (χ3v) is 4.97. The van der Waals surface area contributed by atoms with E-state index in [2.05, 4.69) is 0 Å². The largest absolute Gasteiger partial charge is 0.382 e. The van der Waals surface area contributed by atoms with Crippen LogP contribution in [0.4, 0.5) is 13.2 Å². The van der Waals surface area contributed by atoms with Crippen LogP contribution >= 0.6 is 0 Å². The molecule has 0 amide bonds. The normalized spacial score (nSPS) is 23.4. The zero-order chi connectivity index (χ0) is 13.9. The van der Waals surface area contributed by atoms with Crippen molar-refractivity contribution in [3.8, 4) is 0 Å². The molecule has 2 aliphatic carbocycles. The lowest BCUT2D eigenvalue weighted by Gasteiger charge is -2.44. The molecule has 0 aliphatic heterocycles. The van der Waals surface area contributed by atoms with E-state index in [0.717, 1.165) is 38.5 Å². The van der Waals surface area contributed by atoms with Gasteiger partial charge < -0.3 is 5.11 Å². The number of hydrogen-bond donors (Lipinski definition) is 1. The Hall–Kier alpha value is -0.510. The summed E-state index contributed by atoms with van der Waals surface area (Å²) in [7, 11) is 0. The zero-order valence-corrected chi connectivity index (χ0v) is 11.3. The number of aliphatic hydroxyl groups is 1. The molecule has 2 rings (SSSR count). The van der Waals surface area contributed by atoms with Gasteiger partial charge in [-0.05, 0) is 37.5 Å². The van der Waals surface area contributed by atoms with Crippen molar-refractivity contribution in [1.82, 2.24) is 0 Å². The lowest BCUT2D eigenvalue weighted by atomic mass is 9.66. The Morgan fingerprint density at radius 3 is 1.42 bits per heavy atom. The van der Waals surface area contributed by atoms with E-state index in [1.807, 2.05) is 0 Å². The third kappa shape index (κ3) is 2.99. The average Bonchev–Trinajstić information content (AvgIpc) is 2.47. The summed E-state index contributed by atoms with van der Waals surface area (Å²) >= 11 is 0. The quantitative estimate of drug-likeness (QED) is 0.772. The minimum atomic E-state index is -2.33. The summed E-state index contributed by atoms with van der Waals surface area (Å²) in [6, 6.07) is 0. The highest BCUT2D eigenvalue weighted by atomic mass is 19.3. The number of halogens is 3. The van der Waals surface area contributed by atoms with Crippen LogP contribution in [-0.4, -0.2) is 10.7 Å². The maximum absolute atomic E-state index is 14.0. The Morgan fingerprint density at radius 2 is 1.11 bits per heavy atom. The maximum Gasteiger partial charge on any atom is 0.304 e. The van der Waals surface area contributed by atoms with Crippen molar-refractivity contribution in [3.63, 3.8) is 0 Å². The molecule has 19 heavy (non-hydrogen) atoms. The highest BCUT2D eigenvalue weighted by Crippen LogP contribution is 2.48. The van der Waals surface area contributed by atoms with Gasteiger partial charge in [0.25, 0.3) is 0 Å². The van der Waals surface area contributed by atoms with E-state index in [4.69, 9.17) is 0 Å². The summed E-state index contributed by atoms with van der Waals surface area (Å²) in [5, 5.41) is 10.8. The van der Waals surface area contributed by atoms with Crippen molar-refractivity contribution >= 4 is 0 Å². The molecule has 2 fully saturated rings. The van der Waals surface area contributed by atoms with Gasteiger partial charge in [-0.25, -0.2) is 4.39 Å². The van der Waals surface area contributed by atoms with Gasteiger partial charge in [-0.3, -0.25) is 0 Å². The molecule has 0 radical (unpaired) electrons. The topological polar surface area (TPSA) is 20.2 Å². The van der Waals surface area contributed by atoms with Gasteiger partial charge in [-0.1, -0.05) is 38.5 Å². The monoisotopic (exact) mass is 276 g/mol. The molecule has 0 aromatic rings. The van der Waals surface area contributed by atoms with Crippen LogP contribution in [0.2, 0.25) is 0 Å². The molecular weight excluding hydrogens is 253 g/mol. The molecule has 1 nitrogen and oxygen atoms in total. The van der Waals surface area contributed by atoms with E-state index < -0.39 is 17.5 Å². The van der Waals surface area contributed by atoms with E-state index in [1.165, 1.54) is 0 Å². The first-order chi connectivity index (χ1) is 9.06. The van der Waals surface area contributed by atoms with Gasteiger partial charge in [-0.2, -0.15) is 8.78 Å². The fraction of sp³-hybridized carbons (Fsp3) is 0.867. The molecule has 0 spiro atoms. The third-order valence-electron chi connectivity index (χ3n) is 4.97. The second-order valence-electron chi connectivity index (χ2n) is 6.07. The van der Waals surface area contributed by atoms with Crippen LogP contribution in [0.1, 0.15) is 64.2 Å². The lowest BCUT2D eigenvalue weighted by molar-refractivity contribution is -0.0803. The number of rotatable bonds is 3. The van der Waals surface area contributed by atoms with Crippen molar-refractivity contribution in [2.75, 3.05) is 0 Å². The van der Waals surface area contributed by atoms with E-state index in [-0.39, 0.29) is 11.8 Å². The molecule has 2 saturated carbocycles. The number of hydrogen-bond acceptors (Lipinski definition) is 1. The summed E-state index contributed by atoms with van der Waals surface area (Å²) in [4.78, 5) is 0. The second-order valence-corrected chi connectivity index (χ2v) is 6.07. The molecule has 0 bridgehead atoms. The Balaban J connectivity index is 2.27. The fourth-order valence-corrected chi connectivity index (χ4v) is 3.93. The zero-order valence-electron chi connectivity index (χ0n) is 11.3. The van der Waals surface area contributed by atoms with Gasteiger partial charge in [0, 0.05) is 0 Å². The van der Waals surface area contributed by atoms with Crippen molar-refractivity contribution in [2.45, 2.75) is 69.8 Å². The van der Waals surface area contributed by atoms with Gasteiger partial charge in [0.2, 0.25) is 0 Å². The van der Waals surface area contributed by atoms with Gasteiger partial charge in [0.05, 0.1) is 0 Å². The highest BCUT2D eigenvalue weighted by Gasteiger charge is 2.49. The van der Waals surface area contributed by atoms with E-state index in [0.29, 0.717) is 25.7 Å². The van der Waals surface area contributed by atoms with Crippen LogP contribution in [0.5, 0.6) is 0 Å². The van der Waals surface area contributed by atoms with Crippen molar-refractivity contribution in [1.29, 1.82) is 0 Å². The summed E-state index contributed by atoms with van der Waals surface area (Å²) in [5.41, 5.74) is -1.92. The Morgan fingerprint density at radius 1 is 0.737 bits per heavy atom. The minimum absolute atomic E-state index is 0.342. The van der Waals surface area contributed by atoms with Crippen LogP contribution in [-0.2, 0) is 0 Å². The molecule has 110 valence electrons. The van der Waals surface area contributed by atoms with Crippen LogP contribution in [0.25, 0.3) is 0 Å². The van der Waals surface area contributed by atoms with Gasteiger partial charge in [0.1, 0.15) is 5.60 Å². The second kappa shape index (κ2) is 6.29. The van der Waals surface area contributed by atoms with E-state index in [9.17, 15) is 18.3 Å². The molecule has 2 aliphatic rings. The van der Waals surface area contributed by atoms with E-state index in [1.54, 1.807) is 0 Å². The van der Waals surface area contributed by atoms with Crippen molar-refractivity contribution in [2.24, 2.45) is 11.8 Å². The van der Waals surface area contributed by atoms with Crippen LogP contribution in [0.15, 0.2) is 11.9 Å². The highest BCUT2D eigenvalue weighted by molar-refractivity contribution is 5.16. The molecule has 0 atom stereocenters. The smallest absolute Gasteiger partial charge is 0.304 e. The molecular formula is C15H23F3O. The first kappa shape index (κ1) is 14.9. The predicted molar refractivity (Wildman–Crippen MR) is 68.4 cm³/mol. The first-order valence-corrected chi connectivity index (χ1v) is 7.50. The minimum Gasteiger partial charge on any atom is -0.382 e. The molecule has 1 N–H and O–H groups in total. The lowest BCUT2D eigenvalue weighted by Crippen LogP contribution is -2.47. The van der Waals surface area contributed by atoms with Gasteiger partial charge in [-0.15, -0.1) is 0 Å². The molecule has 0 aromatic carbocycles. The van der Waals surface area contributed by atoms with Gasteiger partial charge >= 0.3 is 6.08 Å². The summed E-state index contributed by atoms with van der Waals surface area (Å²) in [6.45, 7) is 0. The SMILES string of the molecule is OC(C(F)=C(F)F)(C1CCCCC1)C1CCCCC1. The van der Waals surface area contributed by atoms with E-state index >= 15 is 0 Å². The van der Waals surface area contributed by atoms with Crippen molar-refractivity contribution < 1.29 is 18.3 Å². The predicted octanol–water partition coefficient (Wildman–Crippen LogP) is 4.96. The van der Waals surface area contributed by atoms with Gasteiger partial charge in [0.15, 0.2) is 5.83 Å². The standard InChI is InChI=1S/C15H23F3O/c16-13(14(17)18)15(19,11-7-3-1-4-8-11)12-9-5-2-6-10-12/h11-12,19H,1-10H2. The first-order valence-electron chi connectivity index (χ1n) is 7.50. The molecule has 0 saturated heterocycles. The summed E-state index contributed by atoms with van der Waals surface area (Å²) < 4.78 is 39.6. The maximum atomic E-state index is 14.0. The Bertz CT molecular complexity index is 306. The molecule has 0 heterocycles. The Kier molecular flexibility index (Phi) is 4.93. The summed E-state index contributed by atoms with van der Waals surface area (Å²) in [6.07, 6.45) is 6.03. The average molecular weight is 276 g/mol. The fourth-order valence-electron chi connectivity index (χ4n) is 3.93. The summed E-state index contributed by atoms with van der Waals surface area (Å²) in [5.74, 6) is -2.23. The van der Waals surface area contributed by atoms with Crippen LogP contribution in [0.3, 0.4) is 0 Å². The van der Waals surface area contributed by atoms with Crippen LogP contribution < -0.4 is 0 Å². The molecule has 0 aromatic heterocycles. The van der Waals surface area contributed by atoms with Crippen LogP contribution in [0, 0.1) is 11.8 Å². The van der Waals surface area contributed by atoms with Crippen molar-refractivity contribution in [3.05, 3.63) is 11.9 Å². The molecule has 0 unspecified atom stereocenters. The Labute approximate surface area is 112 Å². The molecule has 4 heteroatoms.